The first-order valence-electron chi connectivity index (χ1n) is 6.37. The number of nitrogens with zero attached hydrogens (tertiary/aromatic N) is 4. The summed E-state index contributed by atoms with van der Waals surface area (Å²) in [5, 5.41) is 0. The topological polar surface area (TPSA) is 49.7 Å². The van der Waals surface area contributed by atoms with E-state index in [2.05, 4.69) is 38.3 Å². The molecule has 0 fully saturated rings. The standard InChI is InChI=1S/C12H19N5S/c1-3-5-16(6-4-2)9-17-8-15-11-10(17)12(18)14-7-13-11/h7-8H,3-6,9H2,1-2H3,(H,13,14,18). The Morgan fingerprint density at radius 2 is 2.00 bits per heavy atom. The van der Waals surface area contributed by atoms with Gasteiger partial charge in [0.1, 0.15) is 5.52 Å². The van der Waals surface area contributed by atoms with E-state index in [-0.39, 0.29) is 0 Å². The van der Waals surface area contributed by atoms with Crippen molar-refractivity contribution in [3.8, 4) is 0 Å². The van der Waals surface area contributed by atoms with Gasteiger partial charge in [-0.3, -0.25) is 4.90 Å². The summed E-state index contributed by atoms with van der Waals surface area (Å²) in [6.07, 6.45) is 5.73. The summed E-state index contributed by atoms with van der Waals surface area (Å²) >= 11 is 5.27. The Morgan fingerprint density at radius 1 is 1.28 bits per heavy atom. The first-order chi connectivity index (χ1) is 8.76. The second-order valence-electron chi connectivity index (χ2n) is 4.38. The summed E-state index contributed by atoms with van der Waals surface area (Å²) in [5.41, 5.74) is 1.73. The predicted molar refractivity (Wildman–Crippen MR) is 74.9 cm³/mol. The SMILES string of the molecule is CCCN(CCC)Cn1cnc2[nH]cnc(=S)c21. The van der Waals surface area contributed by atoms with E-state index in [1.807, 2.05) is 6.33 Å². The highest BCUT2D eigenvalue weighted by Crippen LogP contribution is 2.11. The number of hydrogen-bond acceptors (Lipinski definition) is 4. The van der Waals surface area contributed by atoms with Crippen LogP contribution in [-0.4, -0.2) is 37.5 Å². The Balaban J connectivity index is 2.28. The number of rotatable bonds is 6. The Bertz CT molecular complexity index is 553. The maximum absolute atomic E-state index is 5.27. The monoisotopic (exact) mass is 265 g/mol. The van der Waals surface area contributed by atoms with Crippen molar-refractivity contribution < 1.29 is 0 Å². The normalized spacial score (nSPS) is 11.5. The molecule has 2 aromatic heterocycles. The molecule has 0 aliphatic heterocycles. The van der Waals surface area contributed by atoms with Crippen molar-refractivity contribution in [1.29, 1.82) is 0 Å². The summed E-state index contributed by atoms with van der Waals surface area (Å²) < 4.78 is 2.68. The number of imidazole rings is 1. The number of aromatic nitrogens is 4. The molecule has 0 saturated heterocycles. The van der Waals surface area contributed by atoms with E-state index in [4.69, 9.17) is 12.2 Å². The van der Waals surface area contributed by atoms with Crippen molar-refractivity contribution in [2.45, 2.75) is 33.4 Å². The highest BCUT2D eigenvalue weighted by atomic mass is 32.1. The molecule has 2 heterocycles. The van der Waals surface area contributed by atoms with E-state index in [0.29, 0.717) is 4.64 Å². The van der Waals surface area contributed by atoms with Crippen LogP contribution in [0, 0.1) is 4.64 Å². The van der Waals surface area contributed by atoms with Crippen LogP contribution in [0.3, 0.4) is 0 Å². The Hall–Kier alpha value is -1.27. The lowest BCUT2D eigenvalue weighted by Crippen LogP contribution is -2.27. The van der Waals surface area contributed by atoms with Gasteiger partial charge in [-0.15, -0.1) is 0 Å². The highest BCUT2D eigenvalue weighted by molar-refractivity contribution is 7.71. The highest BCUT2D eigenvalue weighted by Gasteiger charge is 2.08. The molecule has 18 heavy (non-hydrogen) atoms. The molecule has 0 saturated carbocycles. The van der Waals surface area contributed by atoms with E-state index in [9.17, 15) is 0 Å². The lowest BCUT2D eigenvalue weighted by Gasteiger charge is -2.21. The van der Waals surface area contributed by atoms with Crippen LogP contribution in [0.2, 0.25) is 0 Å². The van der Waals surface area contributed by atoms with Gasteiger partial charge in [0.05, 0.1) is 19.3 Å². The molecular weight excluding hydrogens is 246 g/mol. The molecule has 2 rings (SSSR count). The molecule has 0 atom stereocenters. The van der Waals surface area contributed by atoms with Crippen LogP contribution in [-0.2, 0) is 6.67 Å². The first kappa shape index (κ1) is 13.2. The zero-order chi connectivity index (χ0) is 13.0. The van der Waals surface area contributed by atoms with Crippen LogP contribution in [0.4, 0.5) is 0 Å². The number of H-pyrrole nitrogens is 1. The molecule has 0 aliphatic rings. The number of fused-ring (bicyclic) bond motifs is 1. The molecule has 1 N–H and O–H groups in total. The molecular formula is C12H19N5S. The van der Waals surface area contributed by atoms with Crippen LogP contribution in [0.1, 0.15) is 26.7 Å². The van der Waals surface area contributed by atoms with E-state index < -0.39 is 0 Å². The maximum atomic E-state index is 5.27. The summed E-state index contributed by atoms with van der Waals surface area (Å²) in [7, 11) is 0. The average molecular weight is 265 g/mol. The lowest BCUT2D eigenvalue weighted by atomic mass is 10.4. The minimum Gasteiger partial charge on any atom is -0.329 e. The van der Waals surface area contributed by atoms with Gasteiger partial charge in [-0.1, -0.05) is 26.1 Å². The van der Waals surface area contributed by atoms with Gasteiger partial charge in [-0.05, 0) is 25.9 Å². The fourth-order valence-electron chi connectivity index (χ4n) is 2.13. The molecule has 2 aromatic rings. The van der Waals surface area contributed by atoms with Gasteiger partial charge in [-0.2, -0.15) is 0 Å². The quantitative estimate of drug-likeness (QED) is 0.816. The predicted octanol–water partition coefficient (Wildman–Crippen LogP) is 2.57. The molecule has 0 unspecified atom stereocenters. The Morgan fingerprint density at radius 3 is 2.67 bits per heavy atom. The van der Waals surface area contributed by atoms with Crippen LogP contribution < -0.4 is 0 Å². The second-order valence-corrected chi connectivity index (χ2v) is 4.77. The van der Waals surface area contributed by atoms with Gasteiger partial charge in [0.2, 0.25) is 0 Å². The fraction of sp³-hybridized carbons (Fsp3) is 0.583. The molecule has 0 radical (unpaired) electrons. The van der Waals surface area contributed by atoms with Crippen molar-refractivity contribution in [2.24, 2.45) is 0 Å². The summed E-state index contributed by atoms with van der Waals surface area (Å²) in [6.45, 7) is 7.39. The van der Waals surface area contributed by atoms with Gasteiger partial charge in [0.25, 0.3) is 0 Å². The molecule has 0 amide bonds. The van der Waals surface area contributed by atoms with E-state index >= 15 is 0 Å². The Labute approximate surface area is 112 Å². The molecule has 0 aliphatic carbocycles. The molecule has 0 spiro atoms. The molecule has 5 nitrogen and oxygen atoms in total. The third-order valence-corrected chi connectivity index (χ3v) is 3.15. The summed E-state index contributed by atoms with van der Waals surface area (Å²) in [6, 6.07) is 0. The third-order valence-electron chi connectivity index (χ3n) is 2.86. The van der Waals surface area contributed by atoms with Gasteiger partial charge in [0.15, 0.2) is 10.3 Å². The summed E-state index contributed by atoms with van der Waals surface area (Å²) in [5.74, 6) is 0. The lowest BCUT2D eigenvalue weighted by molar-refractivity contribution is 0.222. The molecule has 6 heteroatoms. The van der Waals surface area contributed by atoms with Gasteiger partial charge >= 0.3 is 0 Å². The largest absolute Gasteiger partial charge is 0.329 e. The van der Waals surface area contributed by atoms with Gasteiger partial charge < -0.3 is 9.55 Å². The minimum absolute atomic E-state index is 0.606. The van der Waals surface area contributed by atoms with Gasteiger partial charge in [0, 0.05) is 0 Å². The third kappa shape index (κ3) is 2.76. The minimum atomic E-state index is 0.606. The second kappa shape index (κ2) is 6.06. The van der Waals surface area contributed by atoms with Crippen LogP contribution in [0.25, 0.3) is 11.2 Å². The van der Waals surface area contributed by atoms with Crippen molar-refractivity contribution in [1.82, 2.24) is 24.4 Å². The number of nitrogens with one attached hydrogen (secondary N) is 1. The van der Waals surface area contributed by atoms with Crippen molar-refractivity contribution >= 4 is 23.4 Å². The average Bonchev–Trinajstić information content (AvgIpc) is 2.75. The number of aromatic amines is 1. The van der Waals surface area contributed by atoms with Crippen molar-refractivity contribution in [3.05, 3.63) is 17.3 Å². The van der Waals surface area contributed by atoms with Crippen LogP contribution in [0.15, 0.2) is 12.7 Å². The first-order valence-corrected chi connectivity index (χ1v) is 6.78. The van der Waals surface area contributed by atoms with Crippen molar-refractivity contribution in [3.63, 3.8) is 0 Å². The summed E-state index contributed by atoms with van der Waals surface area (Å²) in [4.78, 5) is 13.9. The van der Waals surface area contributed by atoms with Crippen LogP contribution in [0.5, 0.6) is 0 Å². The smallest absolute Gasteiger partial charge is 0.160 e. The zero-order valence-corrected chi connectivity index (χ0v) is 11.7. The molecule has 0 bridgehead atoms. The van der Waals surface area contributed by atoms with E-state index in [1.165, 1.54) is 0 Å². The maximum Gasteiger partial charge on any atom is 0.160 e. The fourth-order valence-corrected chi connectivity index (χ4v) is 2.40. The van der Waals surface area contributed by atoms with Crippen LogP contribution >= 0.6 is 12.2 Å². The van der Waals surface area contributed by atoms with E-state index in [0.717, 1.165) is 43.8 Å². The van der Waals surface area contributed by atoms with E-state index in [1.54, 1.807) is 6.33 Å². The molecule has 0 aromatic carbocycles. The Kier molecular flexibility index (Phi) is 4.43. The van der Waals surface area contributed by atoms with Crippen molar-refractivity contribution in [2.75, 3.05) is 13.1 Å². The van der Waals surface area contributed by atoms with Gasteiger partial charge in [-0.25, -0.2) is 9.97 Å². The molecule has 98 valence electrons. The zero-order valence-electron chi connectivity index (χ0n) is 10.9. The number of hydrogen-bond donors (Lipinski definition) is 1.